The summed E-state index contributed by atoms with van der Waals surface area (Å²) in [6, 6.07) is 2.53. The number of aliphatic hydroxyl groups is 1. The minimum atomic E-state index is -0.727. The first-order valence-corrected chi connectivity index (χ1v) is 12.3. The van der Waals surface area contributed by atoms with Crippen LogP contribution in [0.3, 0.4) is 0 Å². The molecule has 0 bridgehead atoms. The number of anilines is 1. The maximum absolute atomic E-state index is 14.4. The zero-order valence-corrected chi connectivity index (χ0v) is 20.3. The minimum Gasteiger partial charge on any atom is -0.493 e. The highest BCUT2D eigenvalue weighted by molar-refractivity contribution is 7.11. The van der Waals surface area contributed by atoms with Crippen molar-refractivity contribution in [1.82, 2.24) is 14.6 Å². The third kappa shape index (κ3) is 6.38. The number of carbonyl (C=O) groups excluding carboxylic acids is 2. The number of halogens is 1. The Morgan fingerprint density at radius 1 is 1.37 bits per heavy atom. The molecule has 1 aromatic carbocycles. The second-order valence-electron chi connectivity index (χ2n) is 8.45. The molecule has 2 aromatic rings. The number of fused-ring (bicyclic) bond motifs is 1. The molecule has 35 heavy (non-hydrogen) atoms. The van der Waals surface area contributed by atoms with Crippen molar-refractivity contribution < 1.29 is 33.3 Å². The summed E-state index contributed by atoms with van der Waals surface area (Å²) < 4.78 is 34.4. The number of amides is 2. The number of esters is 1. The molecule has 10 nitrogen and oxygen atoms in total. The Balaban J connectivity index is 1.30. The molecule has 0 unspecified atom stereocenters. The molecule has 2 aliphatic rings. The van der Waals surface area contributed by atoms with Crippen molar-refractivity contribution in [3.8, 4) is 11.6 Å². The molecule has 2 amide bonds. The summed E-state index contributed by atoms with van der Waals surface area (Å²) in [5.74, 6) is -0.586. The van der Waals surface area contributed by atoms with Crippen LogP contribution in [0.2, 0.25) is 0 Å². The minimum absolute atomic E-state index is 0.0296. The van der Waals surface area contributed by atoms with Crippen molar-refractivity contribution >= 4 is 28.5 Å². The van der Waals surface area contributed by atoms with Crippen molar-refractivity contribution in [3.63, 3.8) is 0 Å². The van der Waals surface area contributed by atoms with Gasteiger partial charge in [0.05, 0.1) is 19.8 Å². The van der Waals surface area contributed by atoms with E-state index in [0.717, 1.165) is 49.4 Å². The average Bonchev–Trinajstić information content (AvgIpc) is 3.56. The van der Waals surface area contributed by atoms with Gasteiger partial charge < -0.3 is 29.5 Å². The Labute approximate surface area is 206 Å². The van der Waals surface area contributed by atoms with Crippen LogP contribution in [-0.4, -0.2) is 72.4 Å². The first kappa shape index (κ1) is 25.1. The van der Waals surface area contributed by atoms with Gasteiger partial charge in [0.25, 0.3) is 0 Å². The van der Waals surface area contributed by atoms with Crippen LogP contribution >= 0.6 is 11.5 Å². The number of methoxy groups -OCH3 is 1. The van der Waals surface area contributed by atoms with Crippen LogP contribution in [0.5, 0.6) is 11.6 Å². The second kappa shape index (κ2) is 11.6. The van der Waals surface area contributed by atoms with Gasteiger partial charge >= 0.3 is 12.0 Å². The zero-order valence-electron chi connectivity index (χ0n) is 19.5. The van der Waals surface area contributed by atoms with E-state index in [1.165, 1.54) is 13.2 Å². The lowest BCUT2D eigenvalue weighted by atomic mass is 10.1. The highest BCUT2D eigenvalue weighted by Gasteiger charge is 2.25. The Morgan fingerprint density at radius 3 is 3.00 bits per heavy atom. The van der Waals surface area contributed by atoms with E-state index in [0.29, 0.717) is 31.9 Å². The summed E-state index contributed by atoms with van der Waals surface area (Å²) in [4.78, 5) is 26.9. The summed E-state index contributed by atoms with van der Waals surface area (Å²) >= 11 is 0.872. The van der Waals surface area contributed by atoms with Crippen LogP contribution in [0.15, 0.2) is 12.1 Å². The number of hydrogen-bond donors (Lipinski definition) is 3. The number of ether oxygens (including phenoxy) is 3. The third-order valence-corrected chi connectivity index (χ3v) is 6.68. The fraction of sp³-hybridized carbons (Fsp3) is 0.522. The van der Waals surface area contributed by atoms with Crippen LogP contribution in [0.1, 0.15) is 40.7 Å². The van der Waals surface area contributed by atoms with Crippen molar-refractivity contribution in [2.45, 2.75) is 38.4 Å². The molecule has 1 atom stereocenters. The molecule has 0 spiro atoms. The number of urea groups is 1. The van der Waals surface area contributed by atoms with Crippen LogP contribution in [0.4, 0.5) is 14.2 Å². The van der Waals surface area contributed by atoms with Crippen LogP contribution in [0, 0.1) is 5.82 Å². The van der Waals surface area contributed by atoms with E-state index in [1.54, 1.807) is 6.07 Å². The number of rotatable bonds is 10. The molecule has 4 rings (SSSR count). The van der Waals surface area contributed by atoms with Gasteiger partial charge in [-0.25, -0.2) is 14.0 Å². The fourth-order valence-electron chi connectivity index (χ4n) is 4.06. The quantitative estimate of drug-likeness (QED) is 0.331. The maximum Gasteiger partial charge on any atom is 0.346 e. The molecule has 1 saturated heterocycles. The third-order valence-electron chi connectivity index (χ3n) is 5.93. The molecule has 12 heteroatoms. The molecule has 0 aliphatic carbocycles. The van der Waals surface area contributed by atoms with Crippen LogP contribution in [0.25, 0.3) is 0 Å². The van der Waals surface area contributed by atoms with Crippen molar-refractivity contribution in [1.29, 1.82) is 0 Å². The van der Waals surface area contributed by atoms with E-state index in [4.69, 9.17) is 14.2 Å². The number of likely N-dealkylation sites (tertiary alicyclic amines) is 1. The summed E-state index contributed by atoms with van der Waals surface area (Å²) in [5.41, 5.74) is 1.05. The lowest BCUT2D eigenvalue weighted by molar-refractivity contribution is 0.0596. The van der Waals surface area contributed by atoms with Crippen molar-refractivity contribution in [2.75, 3.05) is 45.2 Å². The van der Waals surface area contributed by atoms with Gasteiger partial charge in [-0.05, 0) is 49.5 Å². The standard InChI is InChI=1S/C23H29FN4O6S/c1-32-22(30)19-20(34-13-15-11-18-14(5-9-33-18)10-17(15)24)27-35-21(19)26-23(31)25-6-2-3-7-28-8-4-16(29)12-28/h10-11,16,29H,2-9,12-13H2,1H3,(H2,25,26,31)/t16-/m0/s1. The number of benzene rings is 1. The van der Waals surface area contributed by atoms with Gasteiger partial charge in [-0.1, -0.05) is 0 Å². The molecule has 1 fully saturated rings. The molecule has 0 radical (unpaired) electrons. The number of aromatic nitrogens is 1. The summed E-state index contributed by atoms with van der Waals surface area (Å²) in [5, 5.41) is 15.1. The predicted molar refractivity (Wildman–Crippen MR) is 127 cm³/mol. The van der Waals surface area contributed by atoms with Gasteiger partial charge in [-0.15, -0.1) is 0 Å². The molecule has 2 aliphatic heterocycles. The molecule has 3 N–H and O–H groups in total. The highest BCUT2D eigenvalue weighted by Crippen LogP contribution is 2.33. The Kier molecular flexibility index (Phi) is 8.37. The lowest BCUT2D eigenvalue weighted by Gasteiger charge is -2.14. The van der Waals surface area contributed by atoms with E-state index < -0.39 is 17.8 Å². The maximum atomic E-state index is 14.4. The lowest BCUT2D eigenvalue weighted by Crippen LogP contribution is -2.30. The number of nitrogens with one attached hydrogen (secondary N) is 2. The van der Waals surface area contributed by atoms with Gasteiger partial charge in [0.2, 0.25) is 5.88 Å². The second-order valence-corrected chi connectivity index (χ2v) is 9.23. The van der Waals surface area contributed by atoms with E-state index in [1.807, 2.05) is 0 Å². The van der Waals surface area contributed by atoms with Crippen molar-refractivity contribution in [3.05, 3.63) is 34.6 Å². The summed E-state index contributed by atoms with van der Waals surface area (Å²) in [6.07, 6.45) is 2.89. The molecular weight excluding hydrogens is 479 g/mol. The number of β-amino-alcohol motifs (C(OH)–C–C–N with tert-alkyl or cyclic N) is 1. The molecule has 0 saturated carbocycles. The van der Waals surface area contributed by atoms with E-state index in [2.05, 4.69) is 19.9 Å². The normalized spacial score (nSPS) is 17.1. The van der Waals surface area contributed by atoms with Gasteiger partial charge in [-0.2, -0.15) is 4.37 Å². The van der Waals surface area contributed by atoms with E-state index in [9.17, 15) is 19.1 Å². The van der Waals surface area contributed by atoms with Gasteiger partial charge in [-0.3, -0.25) is 5.32 Å². The Hall–Kier alpha value is -2.96. The van der Waals surface area contributed by atoms with E-state index in [-0.39, 0.29) is 34.7 Å². The molecule has 1 aromatic heterocycles. The summed E-state index contributed by atoms with van der Waals surface area (Å²) in [6.45, 7) is 3.27. The van der Waals surface area contributed by atoms with Gasteiger partial charge in [0.15, 0.2) is 5.56 Å². The van der Waals surface area contributed by atoms with Crippen LogP contribution in [-0.2, 0) is 17.8 Å². The SMILES string of the molecule is COC(=O)c1c(OCc2cc3c(cc2F)CCO3)nsc1NC(=O)NCCCCN1CC[C@H](O)C1. The average molecular weight is 509 g/mol. The molecule has 3 heterocycles. The van der Waals surface area contributed by atoms with Crippen LogP contribution < -0.4 is 20.1 Å². The molecular formula is C23H29FN4O6S. The number of unbranched alkanes of at least 4 members (excludes halogenated alkanes) is 1. The fourth-order valence-corrected chi connectivity index (χ4v) is 4.78. The van der Waals surface area contributed by atoms with Gasteiger partial charge in [0.1, 0.15) is 23.2 Å². The topological polar surface area (TPSA) is 122 Å². The first-order chi connectivity index (χ1) is 16.9. The highest BCUT2D eigenvalue weighted by atomic mass is 32.1. The number of hydrogen-bond acceptors (Lipinski definition) is 9. The first-order valence-electron chi connectivity index (χ1n) is 11.5. The Bertz CT molecular complexity index is 1060. The summed E-state index contributed by atoms with van der Waals surface area (Å²) in [7, 11) is 1.21. The number of carbonyl (C=O) groups is 2. The number of nitrogens with zero attached hydrogens (tertiary/aromatic N) is 2. The van der Waals surface area contributed by atoms with Gasteiger partial charge in [0, 0.05) is 37.2 Å². The largest absolute Gasteiger partial charge is 0.493 e. The Morgan fingerprint density at radius 2 is 2.23 bits per heavy atom. The van der Waals surface area contributed by atoms with Crippen molar-refractivity contribution in [2.24, 2.45) is 0 Å². The molecule has 190 valence electrons. The predicted octanol–water partition coefficient (Wildman–Crippen LogP) is 2.55. The number of aliphatic hydroxyl groups excluding tert-OH is 1. The zero-order chi connectivity index (χ0) is 24.8. The monoisotopic (exact) mass is 508 g/mol. The van der Waals surface area contributed by atoms with E-state index >= 15 is 0 Å². The smallest absolute Gasteiger partial charge is 0.346 e.